The molecule has 1 saturated carbocycles. The van der Waals surface area contributed by atoms with Crippen molar-refractivity contribution in [3.63, 3.8) is 0 Å². The van der Waals surface area contributed by atoms with E-state index in [0.29, 0.717) is 0 Å². The van der Waals surface area contributed by atoms with Gasteiger partial charge >= 0.3 is 0 Å². The van der Waals surface area contributed by atoms with Crippen LogP contribution in [0, 0.1) is 0 Å². The van der Waals surface area contributed by atoms with E-state index < -0.39 is 0 Å². The third-order valence-electron chi connectivity index (χ3n) is 3.11. The summed E-state index contributed by atoms with van der Waals surface area (Å²) in [5.74, 6) is 0. The van der Waals surface area contributed by atoms with Crippen LogP contribution in [-0.2, 0) is 0 Å². The molecule has 0 aromatic carbocycles. The maximum absolute atomic E-state index is 3.54. The van der Waals surface area contributed by atoms with E-state index in [0.717, 1.165) is 19.1 Å². The summed E-state index contributed by atoms with van der Waals surface area (Å²) in [6, 6.07) is 0.920. The molecule has 0 aromatic heterocycles. The van der Waals surface area contributed by atoms with Gasteiger partial charge in [0, 0.05) is 19.1 Å². The minimum atomic E-state index is 0.920. The molecule has 1 rings (SSSR count). The van der Waals surface area contributed by atoms with Crippen molar-refractivity contribution in [2.45, 2.75) is 38.6 Å². The van der Waals surface area contributed by atoms with Gasteiger partial charge in [-0.15, -0.1) is 0 Å². The van der Waals surface area contributed by atoms with E-state index in [2.05, 4.69) is 36.1 Å². The highest BCUT2D eigenvalue weighted by molar-refractivity contribution is 4.84. The lowest BCUT2D eigenvalue weighted by Gasteiger charge is -2.21. The Morgan fingerprint density at radius 3 is 2.38 bits per heavy atom. The third kappa shape index (κ3) is 6.46. The zero-order chi connectivity index (χ0) is 11.8. The number of hydrogen-bond acceptors (Lipinski definition) is 3. The normalized spacial score (nSPS) is 16.3. The summed E-state index contributed by atoms with van der Waals surface area (Å²) in [7, 11) is 4.27. The van der Waals surface area contributed by atoms with Crippen LogP contribution in [0.3, 0.4) is 0 Å². The van der Waals surface area contributed by atoms with Gasteiger partial charge in [0.25, 0.3) is 0 Å². The number of hydrogen-bond donors (Lipinski definition) is 1. The molecule has 0 saturated heterocycles. The Balaban J connectivity index is 1.92. The van der Waals surface area contributed by atoms with Crippen LogP contribution in [-0.4, -0.2) is 62.7 Å². The fourth-order valence-corrected chi connectivity index (χ4v) is 2.07. The van der Waals surface area contributed by atoms with Crippen molar-refractivity contribution in [3.8, 4) is 0 Å². The second-order valence-electron chi connectivity index (χ2n) is 5.17. The van der Waals surface area contributed by atoms with E-state index in [9.17, 15) is 0 Å². The molecule has 0 bridgehead atoms. The lowest BCUT2D eigenvalue weighted by molar-refractivity contribution is 0.263. The lowest BCUT2D eigenvalue weighted by Crippen LogP contribution is -2.35. The first kappa shape index (κ1) is 13.9. The molecule has 0 heterocycles. The molecular formula is C13H29N3. The Hall–Kier alpha value is -0.120. The average Bonchev–Trinajstić information content (AvgIpc) is 3.04. The van der Waals surface area contributed by atoms with Crippen molar-refractivity contribution < 1.29 is 0 Å². The average molecular weight is 227 g/mol. The monoisotopic (exact) mass is 227 g/mol. The zero-order valence-electron chi connectivity index (χ0n) is 11.3. The Bertz CT molecular complexity index is 167. The van der Waals surface area contributed by atoms with Crippen LogP contribution in [0.2, 0.25) is 0 Å². The van der Waals surface area contributed by atoms with Gasteiger partial charge in [-0.05, 0) is 59.4 Å². The summed E-state index contributed by atoms with van der Waals surface area (Å²) in [5, 5.41) is 3.54. The molecule has 3 nitrogen and oxygen atoms in total. The molecule has 96 valence electrons. The van der Waals surface area contributed by atoms with Crippen LogP contribution in [0.4, 0.5) is 0 Å². The first-order valence-corrected chi connectivity index (χ1v) is 6.83. The van der Waals surface area contributed by atoms with Crippen LogP contribution in [0.5, 0.6) is 0 Å². The highest BCUT2D eigenvalue weighted by Crippen LogP contribution is 2.26. The molecule has 1 N–H and O–H groups in total. The molecule has 16 heavy (non-hydrogen) atoms. The SMILES string of the molecule is CCCN(CCNCCCN(C)C)C1CC1. The van der Waals surface area contributed by atoms with Gasteiger partial charge in [-0.1, -0.05) is 6.92 Å². The summed E-state index contributed by atoms with van der Waals surface area (Å²) in [6.07, 6.45) is 5.41. The van der Waals surface area contributed by atoms with E-state index in [1.165, 1.54) is 45.3 Å². The van der Waals surface area contributed by atoms with Gasteiger partial charge in [0.05, 0.1) is 0 Å². The van der Waals surface area contributed by atoms with E-state index in [-0.39, 0.29) is 0 Å². The van der Waals surface area contributed by atoms with Crippen LogP contribution in [0.25, 0.3) is 0 Å². The molecule has 0 amide bonds. The Morgan fingerprint density at radius 1 is 1.06 bits per heavy atom. The molecule has 0 radical (unpaired) electrons. The van der Waals surface area contributed by atoms with Crippen molar-refractivity contribution >= 4 is 0 Å². The van der Waals surface area contributed by atoms with Crippen LogP contribution < -0.4 is 5.32 Å². The van der Waals surface area contributed by atoms with E-state index in [1.807, 2.05) is 0 Å². The summed E-state index contributed by atoms with van der Waals surface area (Å²) in [5.41, 5.74) is 0. The van der Waals surface area contributed by atoms with E-state index in [1.54, 1.807) is 0 Å². The lowest BCUT2D eigenvalue weighted by atomic mass is 10.3. The summed E-state index contributed by atoms with van der Waals surface area (Å²) < 4.78 is 0. The topological polar surface area (TPSA) is 18.5 Å². The highest BCUT2D eigenvalue weighted by atomic mass is 15.2. The first-order chi connectivity index (χ1) is 7.74. The number of rotatable bonds is 10. The molecule has 0 unspecified atom stereocenters. The van der Waals surface area contributed by atoms with Crippen molar-refractivity contribution in [2.75, 3.05) is 46.8 Å². The first-order valence-electron chi connectivity index (χ1n) is 6.83. The minimum absolute atomic E-state index is 0.920. The maximum Gasteiger partial charge on any atom is 0.0110 e. The van der Waals surface area contributed by atoms with Gasteiger partial charge in [0.2, 0.25) is 0 Å². The van der Waals surface area contributed by atoms with Crippen LogP contribution >= 0.6 is 0 Å². The molecule has 0 aliphatic heterocycles. The molecule has 0 aromatic rings. The molecule has 1 aliphatic carbocycles. The Kier molecular flexibility index (Phi) is 7.01. The quantitative estimate of drug-likeness (QED) is 0.569. The fourth-order valence-electron chi connectivity index (χ4n) is 2.07. The molecule has 0 spiro atoms. The van der Waals surface area contributed by atoms with Gasteiger partial charge in [0.1, 0.15) is 0 Å². The molecule has 0 atom stereocenters. The third-order valence-corrected chi connectivity index (χ3v) is 3.11. The van der Waals surface area contributed by atoms with Crippen LogP contribution in [0.15, 0.2) is 0 Å². The second-order valence-corrected chi connectivity index (χ2v) is 5.17. The predicted molar refractivity (Wildman–Crippen MR) is 70.9 cm³/mol. The summed E-state index contributed by atoms with van der Waals surface area (Å²) in [4.78, 5) is 4.90. The van der Waals surface area contributed by atoms with Crippen molar-refractivity contribution in [1.82, 2.24) is 15.1 Å². The second kappa shape index (κ2) is 8.04. The molecule has 1 aliphatic rings. The van der Waals surface area contributed by atoms with E-state index in [4.69, 9.17) is 0 Å². The van der Waals surface area contributed by atoms with Crippen molar-refractivity contribution in [2.24, 2.45) is 0 Å². The van der Waals surface area contributed by atoms with Gasteiger partial charge in [-0.3, -0.25) is 4.90 Å². The van der Waals surface area contributed by atoms with Gasteiger partial charge in [-0.25, -0.2) is 0 Å². The smallest absolute Gasteiger partial charge is 0.0110 e. The van der Waals surface area contributed by atoms with Crippen molar-refractivity contribution in [3.05, 3.63) is 0 Å². The van der Waals surface area contributed by atoms with Gasteiger partial charge < -0.3 is 10.2 Å². The molecule has 3 heteroatoms. The van der Waals surface area contributed by atoms with Gasteiger partial charge in [0.15, 0.2) is 0 Å². The highest BCUT2D eigenvalue weighted by Gasteiger charge is 2.27. The summed E-state index contributed by atoms with van der Waals surface area (Å²) in [6.45, 7) is 8.30. The molecular weight excluding hydrogens is 198 g/mol. The fraction of sp³-hybridized carbons (Fsp3) is 1.00. The number of nitrogens with zero attached hydrogens (tertiary/aromatic N) is 2. The Morgan fingerprint density at radius 2 is 1.81 bits per heavy atom. The van der Waals surface area contributed by atoms with Crippen LogP contribution in [0.1, 0.15) is 32.6 Å². The molecule has 1 fully saturated rings. The summed E-state index contributed by atoms with van der Waals surface area (Å²) >= 11 is 0. The number of nitrogens with one attached hydrogen (secondary N) is 1. The standard InChI is InChI=1S/C13H29N3/c1-4-10-16(13-6-7-13)12-9-14-8-5-11-15(2)3/h13-14H,4-12H2,1-3H3. The minimum Gasteiger partial charge on any atom is -0.315 e. The van der Waals surface area contributed by atoms with Crippen molar-refractivity contribution in [1.29, 1.82) is 0 Å². The predicted octanol–water partition coefficient (Wildman–Crippen LogP) is 1.40. The maximum atomic E-state index is 3.54. The Labute approximate surface area is 101 Å². The van der Waals surface area contributed by atoms with Gasteiger partial charge in [-0.2, -0.15) is 0 Å². The largest absolute Gasteiger partial charge is 0.315 e. The van der Waals surface area contributed by atoms with E-state index >= 15 is 0 Å². The zero-order valence-corrected chi connectivity index (χ0v) is 11.3.